The minimum Gasteiger partial charge on any atom is -0.452 e. The molecule has 4 N–H and O–H groups in total. The zero-order valence-corrected chi connectivity index (χ0v) is 15.2. The number of nitrogens with zero attached hydrogens (tertiary/aromatic N) is 6. The van der Waals surface area contributed by atoms with Gasteiger partial charge in [-0.1, -0.05) is 24.3 Å². The smallest absolute Gasteiger partial charge is 0.378 e. The molecule has 4 rings (SSSR count). The molecule has 0 radical (unpaired) electrons. The van der Waals surface area contributed by atoms with Crippen molar-refractivity contribution < 1.29 is 9.53 Å². The minimum absolute atomic E-state index is 0.0509. The monoisotopic (exact) mass is 394 g/mol. The molecule has 0 unspecified atom stereocenters. The lowest BCUT2D eigenvalue weighted by molar-refractivity contribution is 0.0448. The molecule has 11 heteroatoms. The van der Waals surface area contributed by atoms with Gasteiger partial charge in [-0.3, -0.25) is 0 Å². The molecule has 28 heavy (non-hydrogen) atoms. The van der Waals surface area contributed by atoms with Crippen LogP contribution in [0.4, 0.5) is 11.9 Å². The summed E-state index contributed by atoms with van der Waals surface area (Å²) in [5.41, 5.74) is 11.8. The van der Waals surface area contributed by atoms with E-state index in [4.69, 9.17) is 16.2 Å². The Balaban J connectivity index is 1.61. The van der Waals surface area contributed by atoms with Crippen LogP contribution >= 0.6 is 11.3 Å². The molecule has 4 aromatic rings. The minimum atomic E-state index is -0.718. The highest BCUT2D eigenvalue weighted by Crippen LogP contribution is 2.25. The normalized spacial score (nSPS) is 10.7. The highest BCUT2D eigenvalue weighted by molar-refractivity contribution is 7.13. The van der Waals surface area contributed by atoms with E-state index in [0.29, 0.717) is 5.82 Å². The van der Waals surface area contributed by atoms with Crippen molar-refractivity contribution in [1.29, 1.82) is 0 Å². The fraction of sp³-hybridized carbons (Fsp3) is 0.0588. The van der Waals surface area contributed by atoms with Crippen molar-refractivity contribution in [2.75, 3.05) is 11.5 Å². The molecule has 0 aliphatic carbocycles. The van der Waals surface area contributed by atoms with Crippen LogP contribution in [0.15, 0.2) is 47.8 Å². The number of esters is 1. The van der Waals surface area contributed by atoms with Gasteiger partial charge in [0.1, 0.15) is 0 Å². The predicted molar refractivity (Wildman–Crippen MR) is 102 cm³/mol. The van der Waals surface area contributed by atoms with Crippen molar-refractivity contribution in [3.8, 4) is 16.4 Å². The summed E-state index contributed by atoms with van der Waals surface area (Å²) in [5, 5.41) is 6.24. The number of rotatable bonds is 5. The van der Waals surface area contributed by atoms with Crippen molar-refractivity contribution in [2.45, 2.75) is 6.61 Å². The molecule has 140 valence electrons. The number of thiophene rings is 1. The topological polar surface area (TPSA) is 148 Å². The molecule has 1 aromatic carbocycles. The van der Waals surface area contributed by atoms with Crippen LogP contribution in [0.25, 0.3) is 16.4 Å². The van der Waals surface area contributed by atoms with Gasteiger partial charge < -0.3 is 16.2 Å². The van der Waals surface area contributed by atoms with Gasteiger partial charge in [0, 0.05) is 0 Å². The SMILES string of the molecule is Nc1nc(N)nc(COC(=O)c2nc(-c3cccs3)n(-c3ccccc3)n2)n1. The molecule has 0 bridgehead atoms. The van der Waals surface area contributed by atoms with Gasteiger partial charge in [0.05, 0.1) is 10.6 Å². The number of aromatic nitrogens is 6. The van der Waals surface area contributed by atoms with Crippen LogP contribution in [0.5, 0.6) is 0 Å². The molecular weight excluding hydrogens is 380 g/mol. The molecule has 3 aromatic heterocycles. The van der Waals surface area contributed by atoms with Gasteiger partial charge in [-0.2, -0.15) is 19.9 Å². The Labute approximate surface area is 162 Å². The number of nitrogen functional groups attached to an aromatic ring is 2. The van der Waals surface area contributed by atoms with E-state index < -0.39 is 5.97 Å². The lowest BCUT2D eigenvalue weighted by Crippen LogP contribution is -2.12. The zero-order valence-electron chi connectivity index (χ0n) is 14.4. The Morgan fingerprint density at radius 2 is 1.75 bits per heavy atom. The fourth-order valence-corrected chi connectivity index (χ4v) is 3.13. The van der Waals surface area contributed by atoms with E-state index in [1.165, 1.54) is 11.3 Å². The highest BCUT2D eigenvalue weighted by Gasteiger charge is 2.21. The number of nitrogens with two attached hydrogens (primary N) is 2. The Morgan fingerprint density at radius 3 is 2.43 bits per heavy atom. The lowest BCUT2D eigenvalue weighted by Gasteiger charge is -2.03. The molecule has 3 heterocycles. The molecule has 0 fully saturated rings. The maximum atomic E-state index is 12.5. The van der Waals surface area contributed by atoms with Crippen LogP contribution in [0.2, 0.25) is 0 Å². The number of anilines is 2. The molecular formula is C17H14N8O2S. The summed E-state index contributed by atoms with van der Waals surface area (Å²) in [5.74, 6) is -0.219. The summed E-state index contributed by atoms with van der Waals surface area (Å²) in [4.78, 5) is 29.1. The first-order valence-electron chi connectivity index (χ1n) is 8.09. The van der Waals surface area contributed by atoms with Crippen molar-refractivity contribution in [2.24, 2.45) is 0 Å². The molecule has 0 atom stereocenters. The predicted octanol–water partition coefficient (Wildman–Crippen LogP) is 1.70. The molecule has 0 aliphatic rings. The summed E-state index contributed by atoms with van der Waals surface area (Å²) in [6.45, 7) is -0.232. The zero-order chi connectivity index (χ0) is 19.5. The molecule has 10 nitrogen and oxygen atoms in total. The van der Waals surface area contributed by atoms with Crippen molar-refractivity contribution >= 4 is 29.2 Å². The van der Waals surface area contributed by atoms with Gasteiger partial charge in [-0.15, -0.1) is 16.4 Å². The van der Waals surface area contributed by atoms with Gasteiger partial charge in [0.15, 0.2) is 18.3 Å². The number of hydrogen-bond donors (Lipinski definition) is 2. The lowest BCUT2D eigenvalue weighted by atomic mass is 10.3. The van der Waals surface area contributed by atoms with E-state index in [0.717, 1.165) is 10.6 Å². The van der Waals surface area contributed by atoms with Crippen LogP contribution in [-0.4, -0.2) is 35.7 Å². The first kappa shape index (κ1) is 17.5. The van der Waals surface area contributed by atoms with Crippen LogP contribution in [-0.2, 0) is 11.3 Å². The Hall–Kier alpha value is -3.86. The molecule has 0 amide bonds. The van der Waals surface area contributed by atoms with Gasteiger partial charge in [0.25, 0.3) is 5.82 Å². The first-order valence-corrected chi connectivity index (χ1v) is 8.97. The molecule has 0 aliphatic heterocycles. The van der Waals surface area contributed by atoms with E-state index in [-0.39, 0.29) is 30.2 Å². The number of hydrogen-bond acceptors (Lipinski definition) is 10. The third-order valence-electron chi connectivity index (χ3n) is 3.58. The summed E-state index contributed by atoms with van der Waals surface area (Å²) in [6, 6.07) is 13.2. The van der Waals surface area contributed by atoms with E-state index in [2.05, 4.69) is 25.0 Å². The second kappa shape index (κ2) is 7.40. The maximum absolute atomic E-state index is 12.5. The number of carbonyl (C=O) groups is 1. The van der Waals surface area contributed by atoms with Gasteiger partial charge in [-0.05, 0) is 23.6 Å². The number of para-hydroxylation sites is 1. The second-order valence-electron chi connectivity index (χ2n) is 5.53. The highest BCUT2D eigenvalue weighted by atomic mass is 32.1. The maximum Gasteiger partial charge on any atom is 0.378 e. The average Bonchev–Trinajstić information content (AvgIpc) is 3.35. The second-order valence-corrected chi connectivity index (χ2v) is 6.48. The van der Waals surface area contributed by atoms with Crippen LogP contribution < -0.4 is 11.5 Å². The van der Waals surface area contributed by atoms with E-state index >= 15 is 0 Å². The number of carbonyl (C=O) groups excluding carboxylic acids is 1. The van der Waals surface area contributed by atoms with Gasteiger partial charge in [0.2, 0.25) is 11.9 Å². The largest absolute Gasteiger partial charge is 0.452 e. The fourth-order valence-electron chi connectivity index (χ4n) is 2.43. The quantitative estimate of drug-likeness (QED) is 0.482. The molecule has 0 spiro atoms. The van der Waals surface area contributed by atoms with Crippen molar-refractivity contribution in [1.82, 2.24) is 29.7 Å². The molecule has 0 saturated heterocycles. The summed E-state index contributed by atoms with van der Waals surface area (Å²) < 4.78 is 6.81. The van der Waals surface area contributed by atoms with Crippen molar-refractivity contribution in [3.63, 3.8) is 0 Å². The first-order chi connectivity index (χ1) is 13.6. The van der Waals surface area contributed by atoms with Gasteiger partial charge in [-0.25, -0.2) is 9.48 Å². The van der Waals surface area contributed by atoms with Crippen LogP contribution in [0.3, 0.4) is 0 Å². The number of benzene rings is 1. The standard InChI is InChI=1S/C17H14N8O2S/c18-16-20-12(21-17(19)23-16)9-27-15(26)13-22-14(11-7-4-8-28-11)25(24-13)10-5-2-1-3-6-10/h1-8H,9H2,(H4,18,19,20,21,23). The summed E-state index contributed by atoms with van der Waals surface area (Å²) >= 11 is 1.49. The van der Waals surface area contributed by atoms with E-state index in [1.54, 1.807) is 4.68 Å². The Morgan fingerprint density at radius 1 is 1.00 bits per heavy atom. The van der Waals surface area contributed by atoms with E-state index in [1.807, 2.05) is 47.8 Å². The summed E-state index contributed by atoms with van der Waals surface area (Å²) in [6.07, 6.45) is 0. The van der Waals surface area contributed by atoms with Crippen molar-refractivity contribution in [3.05, 3.63) is 59.5 Å². The Bertz CT molecular complexity index is 1090. The van der Waals surface area contributed by atoms with E-state index in [9.17, 15) is 4.79 Å². The Kier molecular flexibility index (Phi) is 4.64. The summed E-state index contributed by atoms with van der Waals surface area (Å²) in [7, 11) is 0. The van der Waals surface area contributed by atoms with Crippen LogP contribution in [0, 0.1) is 0 Å². The number of ether oxygens (including phenoxy) is 1. The third-order valence-corrected chi connectivity index (χ3v) is 4.45. The van der Waals surface area contributed by atoms with Gasteiger partial charge >= 0.3 is 5.97 Å². The van der Waals surface area contributed by atoms with Crippen LogP contribution in [0.1, 0.15) is 16.4 Å². The molecule has 0 saturated carbocycles. The average molecular weight is 394 g/mol. The third kappa shape index (κ3) is 3.64.